The minimum atomic E-state index is -3.21. The standard InChI is InChI=1S/C13H20N2O2S/c1-4-13(2)8-14-10-6-5-7-11(18(3,16)17)12(10)15-9-13/h5-7,14-15H,4,8-9H2,1-3H3. The van der Waals surface area contributed by atoms with Crippen LogP contribution in [0, 0.1) is 5.41 Å². The van der Waals surface area contributed by atoms with Crippen LogP contribution in [0.2, 0.25) is 0 Å². The summed E-state index contributed by atoms with van der Waals surface area (Å²) in [6.07, 6.45) is 2.28. The number of para-hydroxylation sites is 1. The zero-order chi connectivity index (χ0) is 13.4. The van der Waals surface area contributed by atoms with Gasteiger partial charge in [0.25, 0.3) is 0 Å². The Bertz CT molecular complexity index is 554. The summed E-state index contributed by atoms with van der Waals surface area (Å²) in [6, 6.07) is 5.34. The van der Waals surface area contributed by atoms with Crippen molar-refractivity contribution in [3.8, 4) is 0 Å². The lowest BCUT2D eigenvalue weighted by atomic mass is 9.88. The Kier molecular flexibility index (Phi) is 3.27. The van der Waals surface area contributed by atoms with E-state index < -0.39 is 9.84 Å². The molecule has 5 heteroatoms. The van der Waals surface area contributed by atoms with Crippen molar-refractivity contribution in [1.29, 1.82) is 0 Å². The molecule has 0 fully saturated rings. The molecule has 100 valence electrons. The Morgan fingerprint density at radius 3 is 2.56 bits per heavy atom. The fourth-order valence-corrected chi connectivity index (χ4v) is 2.97. The van der Waals surface area contributed by atoms with Crippen LogP contribution in [-0.2, 0) is 9.84 Å². The van der Waals surface area contributed by atoms with Crippen LogP contribution in [0.1, 0.15) is 20.3 Å². The van der Waals surface area contributed by atoms with E-state index in [0.29, 0.717) is 10.6 Å². The second-order valence-electron chi connectivity index (χ2n) is 5.32. The zero-order valence-corrected chi connectivity index (χ0v) is 11.9. The fourth-order valence-electron chi connectivity index (χ4n) is 2.09. The van der Waals surface area contributed by atoms with Gasteiger partial charge in [0, 0.05) is 24.8 Å². The predicted molar refractivity (Wildman–Crippen MR) is 74.9 cm³/mol. The third kappa shape index (κ3) is 2.46. The maximum Gasteiger partial charge on any atom is 0.177 e. The van der Waals surface area contributed by atoms with Crippen LogP contribution in [0.15, 0.2) is 23.1 Å². The molecule has 1 heterocycles. The summed E-state index contributed by atoms with van der Waals surface area (Å²) in [5, 5.41) is 6.65. The molecule has 1 aromatic carbocycles. The summed E-state index contributed by atoms with van der Waals surface area (Å²) >= 11 is 0. The largest absolute Gasteiger partial charge is 0.383 e. The first kappa shape index (κ1) is 13.2. The third-order valence-electron chi connectivity index (χ3n) is 3.68. The summed E-state index contributed by atoms with van der Waals surface area (Å²) in [5.74, 6) is 0. The summed E-state index contributed by atoms with van der Waals surface area (Å²) in [5.41, 5.74) is 1.71. The molecule has 1 atom stereocenters. The minimum Gasteiger partial charge on any atom is -0.383 e. The Morgan fingerprint density at radius 1 is 1.28 bits per heavy atom. The van der Waals surface area contributed by atoms with E-state index in [1.54, 1.807) is 12.1 Å². The van der Waals surface area contributed by atoms with Crippen LogP contribution < -0.4 is 10.6 Å². The first-order valence-electron chi connectivity index (χ1n) is 6.16. The second-order valence-corrected chi connectivity index (χ2v) is 7.31. The molecule has 4 nitrogen and oxygen atoms in total. The number of anilines is 2. The molecule has 0 amide bonds. The second kappa shape index (κ2) is 4.46. The van der Waals surface area contributed by atoms with Gasteiger partial charge in [-0.15, -0.1) is 0 Å². The number of nitrogens with one attached hydrogen (secondary N) is 2. The number of benzene rings is 1. The average molecular weight is 268 g/mol. The summed E-state index contributed by atoms with van der Waals surface area (Å²) in [7, 11) is -3.21. The molecule has 0 aromatic heterocycles. The highest BCUT2D eigenvalue weighted by molar-refractivity contribution is 7.90. The van der Waals surface area contributed by atoms with Crippen molar-refractivity contribution >= 4 is 21.2 Å². The van der Waals surface area contributed by atoms with Gasteiger partial charge in [-0.05, 0) is 18.6 Å². The van der Waals surface area contributed by atoms with Gasteiger partial charge < -0.3 is 10.6 Å². The van der Waals surface area contributed by atoms with Crippen LogP contribution in [0.5, 0.6) is 0 Å². The van der Waals surface area contributed by atoms with E-state index in [4.69, 9.17) is 0 Å². The molecule has 2 rings (SSSR count). The van der Waals surface area contributed by atoms with E-state index in [1.807, 2.05) is 6.07 Å². The zero-order valence-electron chi connectivity index (χ0n) is 11.1. The number of rotatable bonds is 2. The van der Waals surface area contributed by atoms with Crippen molar-refractivity contribution in [2.24, 2.45) is 5.41 Å². The molecule has 2 N–H and O–H groups in total. The van der Waals surface area contributed by atoms with Crippen molar-refractivity contribution in [2.45, 2.75) is 25.2 Å². The van der Waals surface area contributed by atoms with Crippen LogP contribution in [0.4, 0.5) is 11.4 Å². The summed E-state index contributed by atoms with van der Waals surface area (Å²) in [6.45, 7) is 5.96. The van der Waals surface area contributed by atoms with Gasteiger partial charge in [0.15, 0.2) is 9.84 Å². The van der Waals surface area contributed by atoms with Crippen molar-refractivity contribution < 1.29 is 8.42 Å². The average Bonchev–Trinajstić information content (AvgIpc) is 2.49. The lowest BCUT2D eigenvalue weighted by molar-refractivity contribution is 0.360. The molecule has 0 saturated carbocycles. The molecule has 0 aliphatic carbocycles. The van der Waals surface area contributed by atoms with Crippen LogP contribution >= 0.6 is 0 Å². The first-order chi connectivity index (χ1) is 8.36. The molecule has 1 aromatic rings. The maximum absolute atomic E-state index is 11.8. The van der Waals surface area contributed by atoms with Gasteiger partial charge in [0.05, 0.1) is 16.3 Å². The minimum absolute atomic E-state index is 0.133. The Hall–Kier alpha value is -1.23. The first-order valence-corrected chi connectivity index (χ1v) is 8.06. The lowest BCUT2D eigenvalue weighted by Gasteiger charge is -2.26. The topological polar surface area (TPSA) is 58.2 Å². The van der Waals surface area contributed by atoms with E-state index in [0.717, 1.165) is 25.2 Å². The van der Waals surface area contributed by atoms with E-state index in [-0.39, 0.29) is 5.41 Å². The molecule has 0 saturated heterocycles. The normalized spacial score (nSPS) is 23.5. The van der Waals surface area contributed by atoms with Gasteiger partial charge in [-0.3, -0.25) is 0 Å². The van der Waals surface area contributed by atoms with Crippen molar-refractivity contribution in [2.75, 3.05) is 30.0 Å². The molecular weight excluding hydrogens is 248 g/mol. The highest BCUT2D eigenvalue weighted by atomic mass is 32.2. The lowest BCUT2D eigenvalue weighted by Crippen LogP contribution is -2.30. The van der Waals surface area contributed by atoms with Crippen LogP contribution in [-0.4, -0.2) is 27.8 Å². The Morgan fingerprint density at radius 2 is 1.94 bits per heavy atom. The van der Waals surface area contributed by atoms with Gasteiger partial charge in [-0.1, -0.05) is 19.9 Å². The summed E-state index contributed by atoms with van der Waals surface area (Å²) < 4.78 is 23.6. The predicted octanol–water partition coefficient (Wildman–Crippen LogP) is 2.34. The van der Waals surface area contributed by atoms with Crippen molar-refractivity contribution in [3.05, 3.63) is 18.2 Å². The van der Waals surface area contributed by atoms with Gasteiger partial charge in [0.2, 0.25) is 0 Å². The molecule has 1 unspecified atom stereocenters. The van der Waals surface area contributed by atoms with Crippen molar-refractivity contribution in [3.63, 3.8) is 0 Å². The number of sulfone groups is 1. The number of fused-ring (bicyclic) bond motifs is 1. The monoisotopic (exact) mass is 268 g/mol. The molecule has 0 spiro atoms. The van der Waals surface area contributed by atoms with Crippen LogP contribution in [0.25, 0.3) is 0 Å². The molecule has 1 aliphatic heterocycles. The number of hydrogen-bond donors (Lipinski definition) is 2. The van der Waals surface area contributed by atoms with Gasteiger partial charge in [-0.25, -0.2) is 8.42 Å². The molecule has 18 heavy (non-hydrogen) atoms. The van der Waals surface area contributed by atoms with E-state index in [9.17, 15) is 8.42 Å². The summed E-state index contributed by atoms with van der Waals surface area (Å²) in [4.78, 5) is 0.368. The third-order valence-corrected chi connectivity index (χ3v) is 4.82. The van der Waals surface area contributed by atoms with Gasteiger partial charge in [-0.2, -0.15) is 0 Å². The quantitative estimate of drug-likeness (QED) is 0.864. The Balaban J connectivity index is 2.46. The van der Waals surface area contributed by atoms with Gasteiger partial charge >= 0.3 is 0 Å². The van der Waals surface area contributed by atoms with Crippen molar-refractivity contribution in [1.82, 2.24) is 0 Å². The van der Waals surface area contributed by atoms with E-state index >= 15 is 0 Å². The molecular formula is C13H20N2O2S. The number of hydrogen-bond acceptors (Lipinski definition) is 4. The SMILES string of the molecule is CCC1(C)CNc2cccc(S(C)(=O)=O)c2NC1. The Labute approximate surface area is 109 Å². The highest BCUT2D eigenvalue weighted by Crippen LogP contribution is 2.35. The fraction of sp³-hybridized carbons (Fsp3) is 0.538. The molecule has 0 radical (unpaired) electrons. The highest BCUT2D eigenvalue weighted by Gasteiger charge is 2.27. The molecule has 0 bridgehead atoms. The van der Waals surface area contributed by atoms with E-state index in [2.05, 4.69) is 24.5 Å². The molecule has 1 aliphatic rings. The van der Waals surface area contributed by atoms with Gasteiger partial charge in [0.1, 0.15) is 0 Å². The van der Waals surface area contributed by atoms with E-state index in [1.165, 1.54) is 6.26 Å². The maximum atomic E-state index is 11.8. The van der Waals surface area contributed by atoms with Crippen LogP contribution in [0.3, 0.4) is 0 Å². The smallest absolute Gasteiger partial charge is 0.177 e.